The van der Waals surface area contributed by atoms with Gasteiger partial charge in [0.15, 0.2) is 0 Å². The number of hydrogen-bond acceptors (Lipinski definition) is 2. The van der Waals surface area contributed by atoms with Crippen LogP contribution in [0.15, 0.2) is 30.5 Å². The van der Waals surface area contributed by atoms with Crippen molar-refractivity contribution >= 4 is 0 Å². The second-order valence-corrected chi connectivity index (χ2v) is 4.43. The van der Waals surface area contributed by atoms with Crippen LogP contribution >= 0.6 is 0 Å². The van der Waals surface area contributed by atoms with Gasteiger partial charge in [-0.15, -0.1) is 0 Å². The normalized spacial score (nSPS) is 10.5. The van der Waals surface area contributed by atoms with Crippen molar-refractivity contribution < 1.29 is 0 Å². The quantitative estimate of drug-likeness (QED) is 0.787. The molecule has 0 radical (unpaired) electrons. The Bertz CT molecular complexity index is 556. The van der Waals surface area contributed by atoms with Crippen molar-refractivity contribution in [2.24, 2.45) is 0 Å². The fourth-order valence-corrected chi connectivity index (χ4v) is 1.86. The summed E-state index contributed by atoms with van der Waals surface area (Å²) in [7, 11) is 0. The molecule has 0 saturated heterocycles. The van der Waals surface area contributed by atoms with Crippen molar-refractivity contribution in [3.05, 3.63) is 47.3 Å². The van der Waals surface area contributed by atoms with Crippen LogP contribution in [0.25, 0.3) is 5.69 Å². The minimum absolute atomic E-state index is 0.474. The fraction of sp³-hybridized carbons (Fsp3) is 0.286. The van der Waals surface area contributed by atoms with E-state index in [-0.39, 0.29) is 0 Å². The van der Waals surface area contributed by atoms with Gasteiger partial charge in [-0.1, -0.05) is 13.8 Å². The van der Waals surface area contributed by atoms with Crippen LogP contribution in [0.4, 0.5) is 0 Å². The Morgan fingerprint density at radius 3 is 2.35 bits per heavy atom. The largest absolute Gasteiger partial charge is 0.240 e. The standard InChI is InChI=1S/C14H15N3/c1-10(2)14-9-17(16-11(14)3)13-6-4-12(8-15)5-7-13/h4-7,9-10H,1-3H3. The summed E-state index contributed by atoms with van der Waals surface area (Å²) in [4.78, 5) is 0. The number of benzene rings is 1. The minimum atomic E-state index is 0.474. The highest BCUT2D eigenvalue weighted by molar-refractivity contribution is 5.39. The van der Waals surface area contributed by atoms with Crippen molar-refractivity contribution in [1.82, 2.24) is 9.78 Å². The third-order valence-electron chi connectivity index (χ3n) is 2.82. The van der Waals surface area contributed by atoms with Crippen LogP contribution in [0.1, 0.15) is 36.6 Å². The maximum absolute atomic E-state index is 8.75. The van der Waals surface area contributed by atoms with E-state index in [0.717, 1.165) is 11.4 Å². The second kappa shape index (κ2) is 4.42. The molecule has 2 rings (SSSR count). The van der Waals surface area contributed by atoms with Crippen LogP contribution in [0.3, 0.4) is 0 Å². The number of rotatable bonds is 2. The van der Waals surface area contributed by atoms with Gasteiger partial charge in [0.1, 0.15) is 0 Å². The van der Waals surface area contributed by atoms with Crippen molar-refractivity contribution in [2.75, 3.05) is 0 Å². The lowest BCUT2D eigenvalue weighted by Crippen LogP contribution is -1.94. The van der Waals surface area contributed by atoms with Crippen molar-refractivity contribution in [3.8, 4) is 11.8 Å². The van der Waals surface area contributed by atoms with Crippen molar-refractivity contribution in [1.29, 1.82) is 5.26 Å². The predicted molar refractivity (Wildman–Crippen MR) is 67.1 cm³/mol. The average molecular weight is 225 g/mol. The summed E-state index contributed by atoms with van der Waals surface area (Å²) in [5.41, 5.74) is 3.97. The van der Waals surface area contributed by atoms with Crippen LogP contribution in [0.5, 0.6) is 0 Å². The van der Waals surface area contributed by atoms with E-state index in [0.29, 0.717) is 11.5 Å². The monoisotopic (exact) mass is 225 g/mol. The Labute approximate surface area is 101 Å². The van der Waals surface area contributed by atoms with E-state index in [1.165, 1.54) is 5.56 Å². The summed E-state index contributed by atoms with van der Waals surface area (Å²) in [6, 6.07) is 9.55. The van der Waals surface area contributed by atoms with E-state index in [4.69, 9.17) is 5.26 Å². The molecule has 3 nitrogen and oxygen atoms in total. The third kappa shape index (κ3) is 2.21. The molecule has 0 atom stereocenters. The molecule has 17 heavy (non-hydrogen) atoms. The summed E-state index contributed by atoms with van der Waals surface area (Å²) in [6.07, 6.45) is 2.06. The van der Waals surface area contributed by atoms with Crippen LogP contribution in [-0.4, -0.2) is 9.78 Å². The molecule has 0 unspecified atom stereocenters. The maximum Gasteiger partial charge on any atom is 0.0991 e. The van der Waals surface area contributed by atoms with Gasteiger partial charge in [-0.25, -0.2) is 4.68 Å². The van der Waals surface area contributed by atoms with E-state index >= 15 is 0 Å². The summed E-state index contributed by atoms with van der Waals surface area (Å²) >= 11 is 0. The van der Waals surface area contributed by atoms with E-state index in [9.17, 15) is 0 Å². The zero-order valence-corrected chi connectivity index (χ0v) is 10.3. The molecular formula is C14H15N3. The average Bonchev–Trinajstić information content (AvgIpc) is 2.71. The van der Waals surface area contributed by atoms with Gasteiger partial charge in [-0.3, -0.25) is 0 Å². The second-order valence-electron chi connectivity index (χ2n) is 4.43. The summed E-state index contributed by atoms with van der Waals surface area (Å²) < 4.78 is 1.87. The molecule has 1 aromatic heterocycles. The van der Waals surface area contributed by atoms with Crippen molar-refractivity contribution in [2.45, 2.75) is 26.7 Å². The molecule has 0 N–H and O–H groups in total. The molecule has 0 saturated carbocycles. The summed E-state index contributed by atoms with van der Waals surface area (Å²) in [5, 5.41) is 13.2. The Balaban J connectivity index is 2.40. The smallest absolute Gasteiger partial charge is 0.0991 e. The van der Waals surface area contributed by atoms with Crippen LogP contribution in [-0.2, 0) is 0 Å². The van der Waals surface area contributed by atoms with Crippen molar-refractivity contribution in [3.63, 3.8) is 0 Å². The lowest BCUT2D eigenvalue weighted by Gasteiger charge is -2.01. The molecule has 2 aromatic rings. The summed E-state index contributed by atoms with van der Waals surface area (Å²) in [5.74, 6) is 0.474. The molecule has 0 spiro atoms. The first-order valence-corrected chi connectivity index (χ1v) is 5.68. The lowest BCUT2D eigenvalue weighted by molar-refractivity contribution is 0.857. The van der Waals surface area contributed by atoms with Gasteiger partial charge in [-0.05, 0) is 42.7 Å². The molecule has 0 fully saturated rings. The molecule has 1 aromatic carbocycles. The van der Waals surface area contributed by atoms with E-state index < -0.39 is 0 Å². The predicted octanol–water partition coefficient (Wildman–Crippen LogP) is 3.18. The van der Waals surface area contributed by atoms with Gasteiger partial charge in [0.25, 0.3) is 0 Å². The summed E-state index contributed by atoms with van der Waals surface area (Å²) in [6.45, 7) is 6.34. The first-order valence-electron chi connectivity index (χ1n) is 5.68. The SMILES string of the molecule is Cc1nn(-c2ccc(C#N)cc2)cc1C(C)C. The number of aromatic nitrogens is 2. The molecule has 3 heteroatoms. The first kappa shape index (κ1) is 11.4. The topological polar surface area (TPSA) is 41.6 Å². The Kier molecular flexibility index (Phi) is 2.97. The van der Waals surface area contributed by atoms with Gasteiger partial charge in [0, 0.05) is 6.20 Å². The highest BCUT2D eigenvalue weighted by atomic mass is 15.3. The number of hydrogen-bond donors (Lipinski definition) is 0. The Morgan fingerprint density at radius 2 is 1.88 bits per heavy atom. The molecule has 1 heterocycles. The molecule has 0 aliphatic rings. The Hall–Kier alpha value is -2.08. The molecule has 0 bridgehead atoms. The van der Waals surface area contributed by atoms with Crippen LogP contribution < -0.4 is 0 Å². The first-order chi connectivity index (χ1) is 8.11. The molecular weight excluding hydrogens is 210 g/mol. The van der Waals surface area contributed by atoms with Gasteiger partial charge in [-0.2, -0.15) is 10.4 Å². The fourth-order valence-electron chi connectivity index (χ4n) is 1.86. The highest BCUT2D eigenvalue weighted by Crippen LogP contribution is 2.19. The zero-order valence-electron chi connectivity index (χ0n) is 10.3. The number of nitrogens with zero attached hydrogens (tertiary/aromatic N) is 3. The van der Waals surface area contributed by atoms with Crippen LogP contribution in [0.2, 0.25) is 0 Å². The van der Waals surface area contributed by atoms with Gasteiger partial charge < -0.3 is 0 Å². The van der Waals surface area contributed by atoms with E-state index in [1.807, 2.05) is 23.7 Å². The Morgan fingerprint density at radius 1 is 1.24 bits per heavy atom. The molecule has 0 amide bonds. The maximum atomic E-state index is 8.75. The molecule has 86 valence electrons. The van der Waals surface area contributed by atoms with Gasteiger partial charge in [0.2, 0.25) is 0 Å². The highest BCUT2D eigenvalue weighted by Gasteiger charge is 2.09. The molecule has 0 aliphatic heterocycles. The van der Waals surface area contributed by atoms with E-state index in [1.54, 1.807) is 12.1 Å². The number of aryl methyl sites for hydroxylation is 1. The molecule has 0 aliphatic carbocycles. The van der Waals surface area contributed by atoms with Crippen LogP contribution in [0, 0.1) is 18.3 Å². The minimum Gasteiger partial charge on any atom is -0.240 e. The zero-order chi connectivity index (χ0) is 12.4. The van der Waals surface area contributed by atoms with E-state index in [2.05, 4.69) is 31.2 Å². The third-order valence-corrected chi connectivity index (χ3v) is 2.82. The van der Waals surface area contributed by atoms with Gasteiger partial charge in [0.05, 0.1) is 23.0 Å². The number of nitriles is 1. The van der Waals surface area contributed by atoms with Gasteiger partial charge >= 0.3 is 0 Å². The lowest BCUT2D eigenvalue weighted by atomic mass is 10.1.